The Balaban J connectivity index is 1.82. The van der Waals surface area contributed by atoms with E-state index in [0.29, 0.717) is 6.61 Å². The van der Waals surface area contributed by atoms with Gasteiger partial charge in [0.25, 0.3) is 0 Å². The molecule has 0 bridgehead atoms. The van der Waals surface area contributed by atoms with Gasteiger partial charge in [-0.2, -0.15) is 0 Å². The summed E-state index contributed by atoms with van der Waals surface area (Å²) in [7, 11) is 0. The third-order valence-corrected chi connectivity index (χ3v) is 3.36. The summed E-state index contributed by atoms with van der Waals surface area (Å²) >= 11 is 0. The lowest BCUT2D eigenvalue weighted by Crippen LogP contribution is -2.13. The summed E-state index contributed by atoms with van der Waals surface area (Å²) in [5.74, 6) is 0. The standard InChI is InChI=1S/C19H22O/c1-2-9-19(15-14-17-10-5-3-6-11-17)20-16-18-12-7-4-8-13-18/h2-8,10-13,19H,1,9,14-16H2/t19-/m1/s1. The molecule has 1 heteroatoms. The third-order valence-electron chi connectivity index (χ3n) is 3.36. The summed E-state index contributed by atoms with van der Waals surface area (Å²) in [4.78, 5) is 0. The maximum atomic E-state index is 6.02. The van der Waals surface area contributed by atoms with Crippen molar-refractivity contribution < 1.29 is 4.74 Å². The minimum absolute atomic E-state index is 0.243. The van der Waals surface area contributed by atoms with E-state index in [-0.39, 0.29) is 6.10 Å². The van der Waals surface area contributed by atoms with Gasteiger partial charge in [-0.3, -0.25) is 0 Å². The maximum Gasteiger partial charge on any atom is 0.0720 e. The molecule has 0 radical (unpaired) electrons. The Morgan fingerprint density at radius 3 is 2.10 bits per heavy atom. The fraction of sp³-hybridized carbons (Fsp3) is 0.263. The van der Waals surface area contributed by atoms with E-state index >= 15 is 0 Å². The first-order valence-electron chi connectivity index (χ1n) is 7.19. The van der Waals surface area contributed by atoms with Gasteiger partial charge in [0.2, 0.25) is 0 Å². The lowest BCUT2D eigenvalue weighted by Gasteiger charge is -2.16. The Morgan fingerprint density at radius 1 is 0.900 bits per heavy atom. The van der Waals surface area contributed by atoms with Crippen LogP contribution in [0.5, 0.6) is 0 Å². The van der Waals surface area contributed by atoms with Crippen molar-refractivity contribution >= 4 is 0 Å². The van der Waals surface area contributed by atoms with Crippen LogP contribution in [-0.2, 0) is 17.8 Å². The molecule has 0 amide bonds. The van der Waals surface area contributed by atoms with E-state index in [9.17, 15) is 0 Å². The van der Waals surface area contributed by atoms with E-state index in [2.05, 4.69) is 49.0 Å². The van der Waals surface area contributed by atoms with Gasteiger partial charge in [0.1, 0.15) is 0 Å². The summed E-state index contributed by atoms with van der Waals surface area (Å²) in [6, 6.07) is 20.9. The minimum Gasteiger partial charge on any atom is -0.373 e. The van der Waals surface area contributed by atoms with Crippen molar-refractivity contribution in [3.63, 3.8) is 0 Å². The zero-order valence-corrected chi connectivity index (χ0v) is 11.9. The highest BCUT2D eigenvalue weighted by Crippen LogP contribution is 2.13. The zero-order chi connectivity index (χ0) is 14.0. The Bertz CT molecular complexity index is 446. The summed E-state index contributed by atoms with van der Waals surface area (Å²) in [6.07, 6.45) is 5.17. The van der Waals surface area contributed by atoms with E-state index in [1.807, 2.05) is 24.3 Å². The molecule has 1 atom stereocenters. The van der Waals surface area contributed by atoms with Gasteiger partial charge in [0.15, 0.2) is 0 Å². The Kier molecular flexibility index (Phi) is 6.07. The van der Waals surface area contributed by atoms with Crippen molar-refractivity contribution in [2.24, 2.45) is 0 Å². The number of ether oxygens (including phenoxy) is 1. The molecule has 0 aromatic heterocycles. The molecule has 2 aromatic carbocycles. The first kappa shape index (κ1) is 14.5. The monoisotopic (exact) mass is 266 g/mol. The molecule has 2 rings (SSSR count). The average Bonchev–Trinajstić information content (AvgIpc) is 2.52. The van der Waals surface area contributed by atoms with Gasteiger partial charge in [-0.1, -0.05) is 66.7 Å². The third kappa shape index (κ3) is 5.02. The smallest absolute Gasteiger partial charge is 0.0720 e. The first-order valence-corrected chi connectivity index (χ1v) is 7.19. The summed E-state index contributed by atoms with van der Waals surface area (Å²) in [5.41, 5.74) is 2.59. The number of hydrogen-bond donors (Lipinski definition) is 0. The van der Waals surface area contributed by atoms with Crippen molar-refractivity contribution in [3.8, 4) is 0 Å². The Hall–Kier alpha value is -1.86. The summed E-state index contributed by atoms with van der Waals surface area (Å²) in [6.45, 7) is 4.51. The van der Waals surface area contributed by atoms with Gasteiger partial charge in [-0.15, -0.1) is 6.58 Å². The summed E-state index contributed by atoms with van der Waals surface area (Å²) < 4.78 is 6.02. The van der Waals surface area contributed by atoms with Crippen molar-refractivity contribution in [2.75, 3.05) is 0 Å². The van der Waals surface area contributed by atoms with Crippen molar-refractivity contribution in [1.29, 1.82) is 0 Å². The van der Waals surface area contributed by atoms with Crippen LogP contribution in [0, 0.1) is 0 Å². The molecule has 0 aliphatic heterocycles. The van der Waals surface area contributed by atoms with Crippen LogP contribution in [-0.4, -0.2) is 6.10 Å². The maximum absolute atomic E-state index is 6.02. The molecule has 0 fully saturated rings. The van der Waals surface area contributed by atoms with E-state index in [1.54, 1.807) is 0 Å². The molecule has 0 heterocycles. The van der Waals surface area contributed by atoms with Crippen LogP contribution in [0.3, 0.4) is 0 Å². The molecular weight excluding hydrogens is 244 g/mol. The molecule has 0 saturated carbocycles. The minimum atomic E-state index is 0.243. The van der Waals surface area contributed by atoms with Crippen molar-refractivity contribution in [1.82, 2.24) is 0 Å². The van der Waals surface area contributed by atoms with Crippen LogP contribution < -0.4 is 0 Å². The molecule has 0 spiro atoms. The van der Waals surface area contributed by atoms with Gasteiger partial charge < -0.3 is 4.74 Å². The van der Waals surface area contributed by atoms with Crippen LogP contribution in [0.15, 0.2) is 73.3 Å². The number of hydrogen-bond acceptors (Lipinski definition) is 1. The molecule has 0 aliphatic rings. The summed E-state index contributed by atoms with van der Waals surface area (Å²) in [5, 5.41) is 0. The highest BCUT2D eigenvalue weighted by molar-refractivity contribution is 5.15. The fourth-order valence-corrected chi connectivity index (χ4v) is 2.22. The molecular formula is C19H22O. The lowest BCUT2D eigenvalue weighted by molar-refractivity contribution is 0.0373. The number of rotatable bonds is 8. The molecule has 0 aliphatic carbocycles. The second-order valence-corrected chi connectivity index (χ2v) is 4.97. The van der Waals surface area contributed by atoms with Gasteiger partial charge in [0.05, 0.1) is 12.7 Å². The Labute approximate surface area is 121 Å². The van der Waals surface area contributed by atoms with Crippen molar-refractivity contribution in [3.05, 3.63) is 84.4 Å². The highest BCUT2D eigenvalue weighted by atomic mass is 16.5. The van der Waals surface area contributed by atoms with E-state index in [0.717, 1.165) is 19.3 Å². The topological polar surface area (TPSA) is 9.23 Å². The molecule has 2 aromatic rings. The van der Waals surface area contributed by atoms with Gasteiger partial charge >= 0.3 is 0 Å². The van der Waals surface area contributed by atoms with Crippen LogP contribution in [0.1, 0.15) is 24.0 Å². The van der Waals surface area contributed by atoms with Crippen LogP contribution in [0.2, 0.25) is 0 Å². The van der Waals surface area contributed by atoms with Gasteiger partial charge in [-0.05, 0) is 30.4 Å². The molecule has 20 heavy (non-hydrogen) atoms. The number of benzene rings is 2. The fourth-order valence-electron chi connectivity index (χ4n) is 2.22. The largest absolute Gasteiger partial charge is 0.373 e. The highest BCUT2D eigenvalue weighted by Gasteiger charge is 2.08. The SMILES string of the molecule is C=CC[C@H](CCc1ccccc1)OCc1ccccc1. The molecule has 0 saturated heterocycles. The molecule has 0 unspecified atom stereocenters. The molecule has 0 N–H and O–H groups in total. The predicted octanol–water partition coefficient (Wildman–Crippen LogP) is 4.78. The van der Waals surface area contributed by atoms with E-state index in [4.69, 9.17) is 4.74 Å². The second kappa shape index (κ2) is 8.34. The Morgan fingerprint density at radius 2 is 1.50 bits per heavy atom. The number of aryl methyl sites for hydroxylation is 1. The van der Waals surface area contributed by atoms with Crippen molar-refractivity contribution in [2.45, 2.75) is 32.0 Å². The lowest BCUT2D eigenvalue weighted by atomic mass is 10.0. The van der Waals surface area contributed by atoms with Crippen LogP contribution >= 0.6 is 0 Å². The second-order valence-electron chi connectivity index (χ2n) is 4.97. The van der Waals surface area contributed by atoms with Crippen LogP contribution in [0.25, 0.3) is 0 Å². The van der Waals surface area contributed by atoms with Crippen LogP contribution in [0.4, 0.5) is 0 Å². The van der Waals surface area contributed by atoms with Gasteiger partial charge in [0, 0.05) is 0 Å². The first-order chi connectivity index (χ1) is 9.88. The quantitative estimate of drug-likeness (QED) is 0.625. The predicted molar refractivity (Wildman–Crippen MR) is 84.6 cm³/mol. The van der Waals surface area contributed by atoms with E-state index < -0.39 is 0 Å². The zero-order valence-electron chi connectivity index (χ0n) is 11.9. The van der Waals surface area contributed by atoms with Gasteiger partial charge in [-0.25, -0.2) is 0 Å². The van der Waals surface area contributed by atoms with E-state index in [1.165, 1.54) is 11.1 Å². The average molecular weight is 266 g/mol. The normalized spacial score (nSPS) is 12.0. The molecule has 104 valence electrons. The molecule has 1 nitrogen and oxygen atoms in total.